The summed E-state index contributed by atoms with van der Waals surface area (Å²) in [5, 5.41) is 5.13. The zero-order valence-corrected chi connectivity index (χ0v) is 10.6. The van der Waals surface area contributed by atoms with Crippen molar-refractivity contribution in [2.75, 3.05) is 6.54 Å². The minimum Gasteiger partial charge on any atom is -0.347 e. The molecule has 7 heteroatoms. The van der Waals surface area contributed by atoms with Crippen LogP contribution >= 0.6 is 11.3 Å². The second-order valence-electron chi connectivity index (χ2n) is 3.74. The number of carbonyl (C=O) groups excluding carboxylic acids is 1. The van der Waals surface area contributed by atoms with Gasteiger partial charge >= 0.3 is 0 Å². The van der Waals surface area contributed by atoms with Crippen molar-refractivity contribution in [2.24, 2.45) is 5.73 Å². The maximum atomic E-state index is 11.8. The molecule has 0 saturated heterocycles. The van der Waals surface area contributed by atoms with Crippen molar-refractivity contribution in [3.63, 3.8) is 0 Å². The number of hydrogen-bond donors (Lipinski definition) is 2. The zero-order chi connectivity index (χ0) is 13.0. The average Bonchev–Trinajstić information content (AvgIpc) is 2.89. The first-order chi connectivity index (χ1) is 8.70. The maximum absolute atomic E-state index is 11.8. The summed E-state index contributed by atoms with van der Waals surface area (Å²) < 4.78 is 0. The van der Waals surface area contributed by atoms with E-state index in [-0.39, 0.29) is 11.9 Å². The lowest BCUT2D eigenvalue weighted by molar-refractivity contribution is 0.0937. The van der Waals surface area contributed by atoms with Gasteiger partial charge in [0.15, 0.2) is 0 Å². The van der Waals surface area contributed by atoms with Gasteiger partial charge in [-0.2, -0.15) is 0 Å². The number of aromatic nitrogens is 3. The van der Waals surface area contributed by atoms with Crippen LogP contribution in [-0.4, -0.2) is 33.4 Å². The van der Waals surface area contributed by atoms with Gasteiger partial charge in [-0.3, -0.25) is 14.8 Å². The van der Waals surface area contributed by atoms with Gasteiger partial charge in [-0.15, -0.1) is 11.3 Å². The molecule has 0 unspecified atom stereocenters. The molecular weight excluding hydrogens is 250 g/mol. The van der Waals surface area contributed by atoms with Gasteiger partial charge in [-0.05, 0) is 6.92 Å². The summed E-state index contributed by atoms with van der Waals surface area (Å²) in [7, 11) is 0. The Bertz CT molecular complexity index is 527. The first-order valence-electron chi connectivity index (χ1n) is 5.43. The van der Waals surface area contributed by atoms with Crippen LogP contribution in [0.25, 0.3) is 10.7 Å². The van der Waals surface area contributed by atoms with Gasteiger partial charge in [0.25, 0.3) is 5.91 Å². The van der Waals surface area contributed by atoms with Crippen molar-refractivity contribution in [3.8, 4) is 10.7 Å². The van der Waals surface area contributed by atoms with Crippen LogP contribution in [0.2, 0.25) is 0 Å². The molecule has 0 aliphatic heterocycles. The first kappa shape index (κ1) is 12.6. The molecular formula is C11H13N5OS. The number of nitrogens with zero attached hydrogens (tertiary/aromatic N) is 3. The van der Waals surface area contributed by atoms with Crippen molar-refractivity contribution < 1.29 is 4.79 Å². The third kappa shape index (κ3) is 2.88. The molecule has 1 atom stereocenters. The number of nitrogens with two attached hydrogens (primary N) is 1. The van der Waals surface area contributed by atoms with Crippen LogP contribution in [0.4, 0.5) is 0 Å². The Morgan fingerprint density at radius 2 is 2.39 bits per heavy atom. The zero-order valence-electron chi connectivity index (χ0n) is 9.83. The molecule has 94 valence electrons. The minimum atomic E-state index is -0.223. The Labute approximate surface area is 108 Å². The van der Waals surface area contributed by atoms with Gasteiger partial charge in [0.2, 0.25) is 0 Å². The summed E-state index contributed by atoms with van der Waals surface area (Å²) in [5.74, 6) is -0.223. The fraction of sp³-hybridized carbons (Fsp3) is 0.273. The van der Waals surface area contributed by atoms with Crippen molar-refractivity contribution in [3.05, 3.63) is 29.7 Å². The number of nitrogens with one attached hydrogen (secondary N) is 1. The van der Waals surface area contributed by atoms with Crippen molar-refractivity contribution in [1.29, 1.82) is 0 Å². The number of thiazole rings is 1. The van der Waals surface area contributed by atoms with E-state index in [0.717, 1.165) is 0 Å². The highest BCUT2D eigenvalue weighted by Crippen LogP contribution is 2.20. The van der Waals surface area contributed by atoms with E-state index in [1.807, 2.05) is 6.92 Å². The fourth-order valence-corrected chi connectivity index (χ4v) is 2.02. The van der Waals surface area contributed by atoms with E-state index >= 15 is 0 Å². The smallest absolute Gasteiger partial charge is 0.271 e. The molecule has 0 spiro atoms. The summed E-state index contributed by atoms with van der Waals surface area (Å²) in [6, 6.07) is -0.0702. The molecule has 0 radical (unpaired) electrons. The number of amides is 1. The van der Waals surface area contributed by atoms with Gasteiger partial charge in [-0.1, -0.05) is 0 Å². The van der Waals surface area contributed by atoms with E-state index in [1.54, 1.807) is 24.0 Å². The van der Waals surface area contributed by atoms with Crippen LogP contribution in [0, 0.1) is 0 Å². The standard InChI is InChI=1S/C11H13N5OS/c1-7(4-12)15-10(17)9-6-18-11(16-9)8-5-13-2-3-14-8/h2-3,5-7H,4,12H2,1H3,(H,15,17)/t7-/m0/s1. The lowest BCUT2D eigenvalue weighted by atomic mass is 10.3. The normalized spacial score (nSPS) is 12.1. The fourth-order valence-electron chi connectivity index (χ4n) is 1.26. The molecule has 2 rings (SSSR count). The van der Waals surface area contributed by atoms with Crippen molar-refractivity contribution in [1.82, 2.24) is 20.3 Å². The van der Waals surface area contributed by atoms with E-state index in [9.17, 15) is 4.79 Å². The van der Waals surface area contributed by atoms with Crippen LogP contribution in [0.3, 0.4) is 0 Å². The van der Waals surface area contributed by atoms with Gasteiger partial charge in [-0.25, -0.2) is 4.98 Å². The van der Waals surface area contributed by atoms with E-state index < -0.39 is 0 Å². The van der Waals surface area contributed by atoms with Crippen LogP contribution in [0.15, 0.2) is 24.0 Å². The Hall–Kier alpha value is -1.86. The Morgan fingerprint density at radius 3 is 3.06 bits per heavy atom. The number of rotatable bonds is 4. The number of carbonyl (C=O) groups is 1. The average molecular weight is 263 g/mol. The molecule has 0 fully saturated rings. The Morgan fingerprint density at radius 1 is 1.56 bits per heavy atom. The largest absolute Gasteiger partial charge is 0.347 e. The van der Waals surface area contributed by atoms with E-state index in [0.29, 0.717) is 22.9 Å². The van der Waals surface area contributed by atoms with E-state index in [1.165, 1.54) is 11.3 Å². The third-order valence-corrected chi connectivity index (χ3v) is 3.11. The number of hydrogen-bond acceptors (Lipinski definition) is 6. The van der Waals surface area contributed by atoms with Crippen LogP contribution < -0.4 is 11.1 Å². The molecule has 0 aromatic carbocycles. The van der Waals surface area contributed by atoms with Gasteiger partial charge in [0, 0.05) is 30.4 Å². The SMILES string of the molecule is C[C@@H](CN)NC(=O)c1csc(-c2cnccn2)n1. The molecule has 0 bridgehead atoms. The summed E-state index contributed by atoms with van der Waals surface area (Å²) in [4.78, 5) is 24.1. The van der Waals surface area contributed by atoms with E-state index in [2.05, 4.69) is 20.3 Å². The molecule has 3 N–H and O–H groups in total. The van der Waals surface area contributed by atoms with Gasteiger partial charge in [0.05, 0.1) is 6.20 Å². The molecule has 0 aliphatic carbocycles. The topological polar surface area (TPSA) is 93.8 Å². The molecule has 1 amide bonds. The summed E-state index contributed by atoms with van der Waals surface area (Å²) >= 11 is 1.36. The lowest BCUT2D eigenvalue weighted by Gasteiger charge is -2.09. The van der Waals surface area contributed by atoms with Gasteiger partial charge in [0.1, 0.15) is 16.4 Å². The predicted octanol–water partition coefficient (Wildman–Crippen LogP) is 0.677. The summed E-state index contributed by atoms with van der Waals surface area (Å²) in [6.07, 6.45) is 4.80. The molecule has 2 aromatic heterocycles. The van der Waals surface area contributed by atoms with Crippen LogP contribution in [-0.2, 0) is 0 Å². The highest BCUT2D eigenvalue weighted by Gasteiger charge is 2.13. The minimum absolute atomic E-state index is 0.0702. The Kier molecular flexibility index (Phi) is 3.96. The quantitative estimate of drug-likeness (QED) is 0.846. The van der Waals surface area contributed by atoms with E-state index in [4.69, 9.17) is 5.73 Å². The second-order valence-corrected chi connectivity index (χ2v) is 4.60. The molecule has 6 nitrogen and oxygen atoms in total. The molecule has 18 heavy (non-hydrogen) atoms. The third-order valence-electron chi connectivity index (χ3n) is 2.25. The predicted molar refractivity (Wildman–Crippen MR) is 69.1 cm³/mol. The molecule has 0 aliphatic rings. The van der Waals surface area contributed by atoms with Gasteiger partial charge < -0.3 is 11.1 Å². The first-order valence-corrected chi connectivity index (χ1v) is 6.31. The lowest BCUT2D eigenvalue weighted by Crippen LogP contribution is -2.37. The van der Waals surface area contributed by atoms with Crippen molar-refractivity contribution in [2.45, 2.75) is 13.0 Å². The summed E-state index contributed by atoms with van der Waals surface area (Å²) in [6.45, 7) is 2.24. The highest BCUT2D eigenvalue weighted by molar-refractivity contribution is 7.13. The molecule has 2 aromatic rings. The monoisotopic (exact) mass is 263 g/mol. The van der Waals surface area contributed by atoms with Crippen LogP contribution in [0.5, 0.6) is 0 Å². The maximum Gasteiger partial charge on any atom is 0.271 e. The summed E-state index contributed by atoms with van der Waals surface area (Å²) in [5.41, 5.74) is 6.48. The highest BCUT2D eigenvalue weighted by atomic mass is 32.1. The second kappa shape index (κ2) is 5.65. The Balaban J connectivity index is 2.13. The van der Waals surface area contributed by atoms with Crippen molar-refractivity contribution >= 4 is 17.2 Å². The molecule has 2 heterocycles. The molecule has 0 saturated carbocycles. The van der Waals surface area contributed by atoms with Crippen LogP contribution in [0.1, 0.15) is 17.4 Å².